The molecule has 1 heterocycles. The van der Waals surface area contributed by atoms with E-state index in [4.69, 9.17) is 0 Å². The summed E-state index contributed by atoms with van der Waals surface area (Å²) < 4.78 is 28.4. The Kier molecular flexibility index (Phi) is 4.48. The summed E-state index contributed by atoms with van der Waals surface area (Å²) in [6.45, 7) is 1.55. The van der Waals surface area contributed by atoms with Crippen LogP contribution in [0.3, 0.4) is 0 Å². The van der Waals surface area contributed by atoms with Gasteiger partial charge in [-0.05, 0) is 12.8 Å². The summed E-state index contributed by atoms with van der Waals surface area (Å²) >= 11 is 0. The fourth-order valence-electron chi connectivity index (χ4n) is 3.10. The number of halogens is 2. The van der Waals surface area contributed by atoms with Crippen molar-refractivity contribution in [2.75, 3.05) is 6.54 Å². The zero-order valence-corrected chi connectivity index (χ0v) is 12.1. The van der Waals surface area contributed by atoms with E-state index in [0.717, 1.165) is 19.2 Å². The number of hydrogen-bond donors (Lipinski definition) is 1. The molecule has 1 aromatic heterocycles. The third-order valence-corrected chi connectivity index (χ3v) is 4.30. The van der Waals surface area contributed by atoms with Gasteiger partial charge in [0.25, 0.3) is 0 Å². The summed E-state index contributed by atoms with van der Waals surface area (Å²) in [4.78, 5) is 4.13. The van der Waals surface area contributed by atoms with Crippen LogP contribution in [0, 0.1) is 11.6 Å². The quantitative estimate of drug-likeness (QED) is 0.872. The highest BCUT2D eigenvalue weighted by Crippen LogP contribution is 2.18. The first-order valence-corrected chi connectivity index (χ1v) is 7.77. The van der Waals surface area contributed by atoms with Crippen molar-refractivity contribution in [2.45, 2.75) is 51.1 Å². The van der Waals surface area contributed by atoms with Crippen LogP contribution in [0.2, 0.25) is 0 Å². The van der Waals surface area contributed by atoms with Crippen molar-refractivity contribution in [3.05, 3.63) is 30.1 Å². The maximum absolute atomic E-state index is 13.3. The van der Waals surface area contributed by atoms with Crippen LogP contribution < -0.4 is 5.32 Å². The van der Waals surface area contributed by atoms with Crippen molar-refractivity contribution in [3.63, 3.8) is 0 Å². The smallest absolute Gasteiger partial charge is 0.161 e. The predicted octanol–water partition coefficient (Wildman–Crippen LogP) is 3.63. The van der Waals surface area contributed by atoms with E-state index in [1.807, 2.05) is 4.57 Å². The second-order valence-electron chi connectivity index (χ2n) is 5.84. The Morgan fingerprint density at radius 1 is 1.10 bits per heavy atom. The Morgan fingerprint density at radius 2 is 1.81 bits per heavy atom. The molecule has 0 amide bonds. The molecule has 0 unspecified atom stereocenters. The Bertz CT molecular complexity index is 601. The van der Waals surface area contributed by atoms with Crippen LogP contribution in [-0.2, 0) is 6.54 Å². The number of fused-ring (bicyclic) bond motifs is 1. The molecule has 5 heteroatoms. The summed E-state index contributed by atoms with van der Waals surface area (Å²) in [6, 6.07) is 2.97. The Morgan fingerprint density at radius 3 is 2.57 bits per heavy atom. The molecule has 1 aliphatic carbocycles. The van der Waals surface area contributed by atoms with E-state index in [-0.39, 0.29) is 0 Å². The van der Waals surface area contributed by atoms with E-state index in [1.165, 1.54) is 44.6 Å². The molecule has 1 fully saturated rings. The normalized spacial score (nSPS) is 17.2. The predicted molar refractivity (Wildman–Crippen MR) is 79.1 cm³/mol. The summed E-state index contributed by atoms with van der Waals surface area (Å²) in [7, 11) is 0. The minimum absolute atomic E-state index is 0.503. The molecule has 21 heavy (non-hydrogen) atoms. The number of hydrogen-bond acceptors (Lipinski definition) is 2. The Labute approximate surface area is 123 Å². The first-order valence-electron chi connectivity index (χ1n) is 7.77. The minimum atomic E-state index is -0.843. The Hall–Kier alpha value is -1.49. The summed E-state index contributed by atoms with van der Waals surface area (Å²) in [5, 5.41) is 3.57. The number of imidazole rings is 1. The molecule has 3 nitrogen and oxygen atoms in total. The number of rotatable bonds is 4. The van der Waals surface area contributed by atoms with Gasteiger partial charge in [0.2, 0.25) is 0 Å². The topological polar surface area (TPSA) is 29.9 Å². The van der Waals surface area contributed by atoms with Crippen LogP contribution >= 0.6 is 0 Å². The monoisotopic (exact) mass is 293 g/mol. The van der Waals surface area contributed by atoms with Gasteiger partial charge >= 0.3 is 0 Å². The zero-order chi connectivity index (χ0) is 14.7. The van der Waals surface area contributed by atoms with Crippen LogP contribution in [0.25, 0.3) is 11.0 Å². The molecule has 0 bridgehead atoms. The highest BCUT2D eigenvalue weighted by Gasteiger charge is 2.12. The molecule has 114 valence electrons. The largest absolute Gasteiger partial charge is 0.329 e. The fraction of sp³-hybridized carbons (Fsp3) is 0.562. The molecule has 1 aliphatic rings. The van der Waals surface area contributed by atoms with Gasteiger partial charge in [-0.15, -0.1) is 0 Å². The van der Waals surface area contributed by atoms with Crippen molar-refractivity contribution in [3.8, 4) is 0 Å². The molecule has 1 aromatic carbocycles. The van der Waals surface area contributed by atoms with Gasteiger partial charge in [0.05, 0.1) is 17.4 Å². The molecule has 0 radical (unpaired) electrons. The van der Waals surface area contributed by atoms with Gasteiger partial charge in [0.15, 0.2) is 11.6 Å². The van der Waals surface area contributed by atoms with Gasteiger partial charge in [0, 0.05) is 31.3 Å². The van der Waals surface area contributed by atoms with E-state index in [9.17, 15) is 8.78 Å². The van der Waals surface area contributed by atoms with Crippen LogP contribution in [0.4, 0.5) is 8.78 Å². The second kappa shape index (κ2) is 6.52. The minimum Gasteiger partial charge on any atom is -0.329 e. The van der Waals surface area contributed by atoms with Crippen molar-refractivity contribution in [1.29, 1.82) is 0 Å². The van der Waals surface area contributed by atoms with Crippen LogP contribution in [-0.4, -0.2) is 22.1 Å². The van der Waals surface area contributed by atoms with Gasteiger partial charge in [0.1, 0.15) is 0 Å². The molecular weight excluding hydrogens is 272 g/mol. The van der Waals surface area contributed by atoms with Crippen LogP contribution in [0.5, 0.6) is 0 Å². The number of nitrogens with one attached hydrogen (secondary N) is 1. The SMILES string of the molecule is Fc1cc2ncn(CCNC3CCCCCC3)c2cc1F. The first-order chi connectivity index (χ1) is 10.2. The average Bonchev–Trinajstić information content (AvgIpc) is 2.70. The maximum Gasteiger partial charge on any atom is 0.161 e. The van der Waals surface area contributed by atoms with Gasteiger partial charge in [-0.25, -0.2) is 13.8 Å². The lowest BCUT2D eigenvalue weighted by Gasteiger charge is -2.16. The number of aromatic nitrogens is 2. The third-order valence-electron chi connectivity index (χ3n) is 4.30. The average molecular weight is 293 g/mol. The maximum atomic E-state index is 13.3. The van der Waals surface area contributed by atoms with Crippen molar-refractivity contribution in [1.82, 2.24) is 14.9 Å². The molecule has 0 aliphatic heterocycles. The lowest BCUT2D eigenvalue weighted by Crippen LogP contribution is -2.31. The van der Waals surface area contributed by atoms with Crippen molar-refractivity contribution < 1.29 is 8.78 Å². The lowest BCUT2D eigenvalue weighted by atomic mass is 10.1. The lowest BCUT2D eigenvalue weighted by molar-refractivity contribution is 0.447. The standard InChI is InChI=1S/C16H21F2N3/c17-13-9-15-16(10-14(13)18)21(11-20-15)8-7-19-12-5-3-1-2-4-6-12/h9-12,19H,1-8H2. The molecule has 0 spiro atoms. The van der Waals surface area contributed by atoms with E-state index < -0.39 is 11.6 Å². The number of nitrogens with zero attached hydrogens (tertiary/aromatic N) is 2. The molecule has 1 saturated carbocycles. The highest BCUT2D eigenvalue weighted by molar-refractivity contribution is 5.75. The summed E-state index contributed by atoms with van der Waals surface area (Å²) in [5.41, 5.74) is 1.15. The van der Waals surface area contributed by atoms with Crippen molar-refractivity contribution in [2.24, 2.45) is 0 Å². The molecular formula is C16H21F2N3. The van der Waals surface area contributed by atoms with E-state index in [1.54, 1.807) is 6.33 Å². The summed E-state index contributed by atoms with van der Waals surface area (Å²) in [6.07, 6.45) is 9.42. The van der Waals surface area contributed by atoms with Gasteiger partial charge in [-0.3, -0.25) is 0 Å². The van der Waals surface area contributed by atoms with Gasteiger partial charge in [-0.2, -0.15) is 0 Å². The van der Waals surface area contributed by atoms with E-state index in [0.29, 0.717) is 17.1 Å². The fourth-order valence-corrected chi connectivity index (χ4v) is 3.10. The zero-order valence-electron chi connectivity index (χ0n) is 12.1. The molecule has 1 N–H and O–H groups in total. The van der Waals surface area contributed by atoms with Crippen LogP contribution in [0.1, 0.15) is 38.5 Å². The molecule has 0 atom stereocenters. The Balaban J connectivity index is 1.61. The van der Waals surface area contributed by atoms with E-state index in [2.05, 4.69) is 10.3 Å². The van der Waals surface area contributed by atoms with E-state index >= 15 is 0 Å². The van der Waals surface area contributed by atoms with Crippen LogP contribution in [0.15, 0.2) is 18.5 Å². The molecule has 0 saturated heterocycles. The van der Waals surface area contributed by atoms with Crippen molar-refractivity contribution >= 4 is 11.0 Å². The third kappa shape index (κ3) is 3.40. The second-order valence-corrected chi connectivity index (χ2v) is 5.84. The summed E-state index contributed by atoms with van der Waals surface area (Å²) in [5.74, 6) is -1.66. The first kappa shape index (κ1) is 14.4. The van der Waals surface area contributed by atoms with Gasteiger partial charge in [-0.1, -0.05) is 25.7 Å². The highest BCUT2D eigenvalue weighted by atomic mass is 19.2. The molecule has 3 rings (SSSR count). The van der Waals surface area contributed by atoms with Gasteiger partial charge < -0.3 is 9.88 Å². The molecule has 2 aromatic rings. The number of benzene rings is 1.